The molecular formula is C15H12ClN3O2S2. The van der Waals surface area contributed by atoms with Gasteiger partial charge in [0.25, 0.3) is 10.0 Å². The second-order valence-corrected chi connectivity index (χ2v) is 7.57. The summed E-state index contributed by atoms with van der Waals surface area (Å²) in [6.45, 7) is 1.66. The van der Waals surface area contributed by atoms with Gasteiger partial charge in [-0.1, -0.05) is 48.0 Å². The molecule has 2 aromatic carbocycles. The average Bonchev–Trinajstić information content (AvgIpc) is 2.98. The minimum atomic E-state index is -3.76. The van der Waals surface area contributed by atoms with Crippen LogP contribution in [-0.2, 0) is 10.0 Å². The van der Waals surface area contributed by atoms with Gasteiger partial charge in [-0.2, -0.15) is 9.36 Å². The number of aromatic nitrogens is 2. The Bertz CT molecular complexity index is 940. The Balaban J connectivity index is 1.90. The van der Waals surface area contributed by atoms with E-state index in [0.717, 1.165) is 17.1 Å². The average molecular weight is 366 g/mol. The van der Waals surface area contributed by atoms with Crippen LogP contribution in [0.15, 0.2) is 53.4 Å². The summed E-state index contributed by atoms with van der Waals surface area (Å²) in [7, 11) is -3.76. The van der Waals surface area contributed by atoms with Gasteiger partial charge in [-0.15, -0.1) is 0 Å². The number of benzene rings is 2. The summed E-state index contributed by atoms with van der Waals surface area (Å²) in [5.41, 5.74) is 1.32. The summed E-state index contributed by atoms with van der Waals surface area (Å²) in [4.78, 5) is 4.35. The molecule has 0 unspecified atom stereocenters. The maximum Gasteiger partial charge on any atom is 0.264 e. The van der Waals surface area contributed by atoms with Crippen LogP contribution in [0.25, 0.3) is 11.4 Å². The van der Waals surface area contributed by atoms with Crippen LogP contribution in [0.3, 0.4) is 0 Å². The molecule has 0 aliphatic carbocycles. The van der Waals surface area contributed by atoms with E-state index in [1.165, 1.54) is 6.07 Å². The summed E-state index contributed by atoms with van der Waals surface area (Å²) in [6.07, 6.45) is 0. The van der Waals surface area contributed by atoms with Gasteiger partial charge in [0.2, 0.25) is 5.13 Å². The smallest absolute Gasteiger partial charge is 0.253 e. The highest BCUT2D eigenvalue weighted by Crippen LogP contribution is 2.26. The number of hydrogen-bond donors (Lipinski definition) is 1. The van der Waals surface area contributed by atoms with E-state index in [1.54, 1.807) is 19.1 Å². The molecule has 0 amide bonds. The topological polar surface area (TPSA) is 72.0 Å². The number of nitrogens with one attached hydrogen (secondary N) is 1. The maximum absolute atomic E-state index is 12.5. The number of anilines is 1. The van der Waals surface area contributed by atoms with Gasteiger partial charge in [0.1, 0.15) is 0 Å². The molecule has 3 rings (SSSR count). The summed E-state index contributed by atoms with van der Waals surface area (Å²) in [6, 6.07) is 14.1. The van der Waals surface area contributed by atoms with Crippen LogP contribution in [0.1, 0.15) is 5.56 Å². The van der Waals surface area contributed by atoms with Gasteiger partial charge in [0.15, 0.2) is 5.82 Å². The standard InChI is InChI=1S/C15H12ClN3O2S2/c1-10-12(16)8-5-9-13(10)23(20,21)19-15-17-14(18-22-15)11-6-3-2-4-7-11/h2-9H,1H3,(H,17,18,19). The second kappa shape index (κ2) is 6.27. The zero-order chi connectivity index (χ0) is 16.4. The van der Waals surface area contributed by atoms with Gasteiger partial charge in [0.05, 0.1) is 4.90 Å². The molecule has 8 heteroatoms. The van der Waals surface area contributed by atoms with Crippen molar-refractivity contribution in [2.75, 3.05) is 4.72 Å². The fraction of sp³-hybridized carbons (Fsp3) is 0.0667. The lowest BCUT2D eigenvalue weighted by Crippen LogP contribution is -2.14. The molecule has 23 heavy (non-hydrogen) atoms. The molecule has 5 nitrogen and oxygen atoms in total. The molecular weight excluding hydrogens is 354 g/mol. The van der Waals surface area contributed by atoms with Crippen molar-refractivity contribution in [3.63, 3.8) is 0 Å². The summed E-state index contributed by atoms with van der Waals surface area (Å²) in [5.74, 6) is 0.483. The molecule has 0 aliphatic rings. The Morgan fingerprint density at radius 2 is 1.83 bits per heavy atom. The van der Waals surface area contributed by atoms with Gasteiger partial charge in [-0.25, -0.2) is 8.42 Å². The Labute approximate surface area is 143 Å². The minimum absolute atomic E-state index is 0.126. The fourth-order valence-corrected chi connectivity index (χ4v) is 4.33. The lowest BCUT2D eigenvalue weighted by molar-refractivity contribution is 0.600. The Kier molecular flexibility index (Phi) is 4.34. The summed E-state index contributed by atoms with van der Waals surface area (Å²) in [5, 5.41) is 0.610. The lowest BCUT2D eigenvalue weighted by atomic mass is 10.2. The molecule has 0 bridgehead atoms. The summed E-state index contributed by atoms with van der Waals surface area (Å²) >= 11 is 6.98. The van der Waals surface area contributed by atoms with Crippen molar-refractivity contribution in [2.45, 2.75) is 11.8 Å². The quantitative estimate of drug-likeness (QED) is 0.759. The summed E-state index contributed by atoms with van der Waals surface area (Å²) < 4.78 is 31.6. The second-order valence-electron chi connectivity index (χ2n) is 4.76. The van der Waals surface area contributed by atoms with Crippen molar-refractivity contribution >= 4 is 38.3 Å². The predicted octanol–water partition coefficient (Wildman–Crippen LogP) is 3.97. The lowest BCUT2D eigenvalue weighted by Gasteiger charge is -2.08. The number of sulfonamides is 1. The third-order valence-electron chi connectivity index (χ3n) is 3.19. The number of halogens is 1. The highest BCUT2D eigenvalue weighted by atomic mass is 35.5. The van der Waals surface area contributed by atoms with E-state index in [-0.39, 0.29) is 10.0 Å². The number of rotatable bonds is 4. The molecule has 1 aromatic heterocycles. The zero-order valence-corrected chi connectivity index (χ0v) is 14.4. The van der Waals surface area contributed by atoms with Crippen molar-refractivity contribution in [1.29, 1.82) is 0 Å². The molecule has 0 spiro atoms. The van der Waals surface area contributed by atoms with Gasteiger partial charge < -0.3 is 0 Å². The van der Waals surface area contributed by atoms with Gasteiger partial charge in [0, 0.05) is 22.1 Å². The van der Waals surface area contributed by atoms with E-state index in [9.17, 15) is 8.42 Å². The number of nitrogens with zero attached hydrogens (tertiary/aromatic N) is 2. The highest BCUT2D eigenvalue weighted by Gasteiger charge is 2.20. The van der Waals surface area contributed by atoms with Crippen LogP contribution >= 0.6 is 23.1 Å². The van der Waals surface area contributed by atoms with Gasteiger partial charge in [-0.3, -0.25) is 4.72 Å². The first-order chi connectivity index (χ1) is 11.0. The minimum Gasteiger partial charge on any atom is -0.253 e. The zero-order valence-electron chi connectivity index (χ0n) is 12.0. The molecule has 0 atom stereocenters. The molecule has 0 fully saturated rings. The monoisotopic (exact) mass is 365 g/mol. The fourth-order valence-electron chi connectivity index (χ4n) is 2.02. The van der Waals surface area contributed by atoms with Gasteiger partial charge >= 0.3 is 0 Å². The predicted molar refractivity (Wildman–Crippen MR) is 92.3 cm³/mol. The van der Waals surface area contributed by atoms with E-state index in [1.807, 2.05) is 30.3 Å². The molecule has 1 heterocycles. The van der Waals surface area contributed by atoms with Crippen molar-refractivity contribution in [1.82, 2.24) is 9.36 Å². The highest BCUT2D eigenvalue weighted by molar-refractivity contribution is 7.93. The van der Waals surface area contributed by atoms with Gasteiger partial charge in [-0.05, 0) is 24.6 Å². The van der Waals surface area contributed by atoms with Crippen LogP contribution in [0.2, 0.25) is 5.02 Å². The number of hydrogen-bond acceptors (Lipinski definition) is 5. The van der Waals surface area contributed by atoms with Crippen LogP contribution in [0, 0.1) is 6.92 Å². The van der Waals surface area contributed by atoms with E-state index < -0.39 is 10.0 Å². The van der Waals surface area contributed by atoms with E-state index in [4.69, 9.17) is 11.6 Å². The van der Waals surface area contributed by atoms with E-state index >= 15 is 0 Å². The SMILES string of the molecule is Cc1c(Cl)cccc1S(=O)(=O)Nc1nc(-c2ccccc2)ns1. The van der Waals surface area contributed by atoms with Crippen molar-refractivity contribution in [2.24, 2.45) is 0 Å². The Hall–Kier alpha value is -1.96. The first-order valence-electron chi connectivity index (χ1n) is 6.64. The molecule has 0 saturated heterocycles. The molecule has 118 valence electrons. The first kappa shape index (κ1) is 15.9. The Morgan fingerprint density at radius 1 is 1.09 bits per heavy atom. The van der Waals surface area contributed by atoms with Crippen molar-refractivity contribution in [3.05, 3.63) is 59.1 Å². The van der Waals surface area contributed by atoms with Crippen LogP contribution < -0.4 is 4.72 Å². The molecule has 1 N–H and O–H groups in total. The third kappa shape index (κ3) is 3.36. The van der Waals surface area contributed by atoms with Crippen molar-refractivity contribution in [3.8, 4) is 11.4 Å². The van der Waals surface area contributed by atoms with Crippen LogP contribution in [0.4, 0.5) is 5.13 Å². The largest absolute Gasteiger partial charge is 0.264 e. The van der Waals surface area contributed by atoms with Crippen molar-refractivity contribution < 1.29 is 8.42 Å². The van der Waals surface area contributed by atoms with E-state index in [2.05, 4.69) is 14.1 Å². The molecule has 0 radical (unpaired) electrons. The Morgan fingerprint density at radius 3 is 2.57 bits per heavy atom. The van der Waals surface area contributed by atoms with Crippen LogP contribution in [0.5, 0.6) is 0 Å². The molecule has 3 aromatic rings. The maximum atomic E-state index is 12.5. The van der Waals surface area contributed by atoms with E-state index in [0.29, 0.717) is 16.4 Å². The first-order valence-corrected chi connectivity index (χ1v) is 9.28. The normalized spacial score (nSPS) is 11.4. The molecule has 0 aliphatic heterocycles. The third-order valence-corrected chi connectivity index (χ3v) is 5.84. The molecule has 0 saturated carbocycles. The van der Waals surface area contributed by atoms with Crippen LogP contribution in [-0.4, -0.2) is 17.8 Å².